The lowest BCUT2D eigenvalue weighted by atomic mass is 10.0. The van der Waals surface area contributed by atoms with Crippen LogP contribution in [0.1, 0.15) is 38.1 Å². The van der Waals surface area contributed by atoms with Gasteiger partial charge in [-0.2, -0.15) is 0 Å². The van der Waals surface area contributed by atoms with Crippen molar-refractivity contribution in [1.82, 2.24) is 10.2 Å². The molecule has 2 atom stereocenters. The molecular weight excluding hydrogens is 375 g/mol. The van der Waals surface area contributed by atoms with Gasteiger partial charge in [-0.25, -0.2) is 0 Å². The first-order chi connectivity index (χ1) is 11.4. The molecule has 0 radical (unpaired) electrons. The third-order valence-electron chi connectivity index (χ3n) is 4.20. The van der Waals surface area contributed by atoms with Gasteiger partial charge in [-0.05, 0) is 38.2 Å². The number of hydrogen-bond donors (Lipinski definition) is 3. The first-order valence-corrected chi connectivity index (χ1v) is 8.56. The summed E-state index contributed by atoms with van der Waals surface area (Å²) in [7, 11) is 0. The van der Waals surface area contributed by atoms with E-state index in [-0.39, 0.29) is 48.6 Å². The van der Waals surface area contributed by atoms with Crippen molar-refractivity contribution in [2.45, 2.75) is 33.7 Å². The Morgan fingerprint density at radius 1 is 1.15 bits per heavy atom. The van der Waals surface area contributed by atoms with E-state index in [2.05, 4.69) is 29.4 Å². The zero-order valence-electron chi connectivity index (χ0n) is 16.0. The lowest BCUT2D eigenvalue weighted by molar-refractivity contribution is -0.119. The predicted molar refractivity (Wildman–Crippen MR) is 113 cm³/mol. The second kappa shape index (κ2) is 13.8. The number of carbonyl (C=O) groups is 2. The fourth-order valence-electron chi connectivity index (χ4n) is 2.20. The molecule has 1 aromatic rings. The van der Waals surface area contributed by atoms with Gasteiger partial charge >= 0.3 is 0 Å². The summed E-state index contributed by atoms with van der Waals surface area (Å²) in [6.45, 7) is 11.1. The van der Waals surface area contributed by atoms with E-state index in [1.54, 1.807) is 38.1 Å². The molecule has 4 N–H and O–H groups in total. The highest BCUT2D eigenvalue weighted by Gasteiger charge is 2.17. The van der Waals surface area contributed by atoms with Crippen LogP contribution in [0.2, 0.25) is 0 Å². The van der Waals surface area contributed by atoms with E-state index in [1.807, 2.05) is 0 Å². The van der Waals surface area contributed by atoms with Crippen LogP contribution in [0.3, 0.4) is 0 Å². The summed E-state index contributed by atoms with van der Waals surface area (Å²) in [5.41, 5.74) is 6.87. The summed E-state index contributed by atoms with van der Waals surface area (Å²) in [4.78, 5) is 26.5. The fraction of sp³-hybridized carbons (Fsp3) is 0.556. The Hall–Kier alpha value is -1.34. The molecule has 2 amide bonds. The van der Waals surface area contributed by atoms with Crippen LogP contribution in [-0.4, -0.2) is 48.9 Å². The van der Waals surface area contributed by atoms with Gasteiger partial charge in [-0.3, -0.25) is 9.59 Å². The Morgan fingerprint density at radius 3 is 2.31 bits per heavy atom. The molecule has 0 aliphatic rings. The van der Waals surface area contributed by atoms with E-state index in [9.17, 15) is 9.59 Å². The van der Waals surface area contributed by atoms with Crippen LogP contribution in [0.5, 0.6) is 0 Å². The van der Waals surface area contributed by atoms with Crippen LogP contribution in [0.25, 0.3) is 0 Å². The van der Waals surface area contributed by atoms with Gasteiger partial charge in [0.25, 0.3) is 5.91 Å². The van der Waals surface area contributed by atoms with Crippen molar-refractivity contribution < 1.29 is 9.59 Å². The minimum absolute atomic E-state index is 0. The second-order valence-corrected chi connectivity index (χ2v) is 6.00. The highest BCUT2D eigenvalue weighted by molar-refractivity contribution is 5.97. The number of benzene rings is 1. The normalized spacial score (nSPS) is 12.4. The Morgan fingerprint density at radius 2 is 1.77 bits per heavy atom. The van der Waals surface area contributed by atoms with Gasteiger partial charge < -0.3 is 21.3 Å². The van der Waals surface area contributed by atoms with E-state index in [0.29, 0.717) is 17.8 Å². The monoisotopic (exact) mass is 406 g/mol. The Kier molecular flexibility index (Phi) is 14.3. The Bertz CT molecular complexity index is 552. The highest BCUT2D eigenvalue weighted by Crippen LogP contribution is 2.13. The summed E-state index contributed by atoms with van der Waals surface area (Å²) in [6.07, 6.45) is 0. The molecule has 2 unspecified atom stereocenters. The second-order valence-electron chi connectivity index (χ2n) is 6.00. The summed E-state index contributed by atoms with van der Waals surface area (Å²) >= 11 is 0. The molecule has 1 rings (SSSR count). The highest BCUT2D eigenvalue weighted by atomic mass is 35.5. The molecule has 0 aliphatic carbocycles. The van der Waals surface area contributed by atoms with Gasteiger partial charge in [0.05, 0.1) is 5.92 Å². The Balaban J connectivity index is 0. The third kappa shape index (κ3) is 8.85. The largest absolute Gasteiger partial charge is 0.351 e. The SMILES string of the molecule is CCN(CC)CCNC(=O)c1cccc(NC(=O)C(C)C(C)N)c1.Cl.Cl. The van der Waals surface area contributed by atoms with E-state index in [0.717, 1.165) is 19.6 Å². The topological polar surface area (TPSA) is 87.5 Å². The number of rotatable bonds is 9. The maximum atomic E-state index is 12.2. The average Bonchev–Trinajstić information content (AvgIpc) is 2.57. The predicted octanol–water partition coefficient (Wildman–Crippen LogP) is 2.52. The summed E-state index contributed by atoms with van der Waals surface area (Å²) in [5, 5.41) is 5.71. The number of anilines is 1. The average molecular weight is 407 g/mol. The van der Waals surface area contributed by atoms with Crippen LogP contribution in [0.4, 0.5) is 5.69 Å². The molecule has 6 nitrogen and oxygen atoms in total. The number of carbonyl (C=O) groups excluding carboxylic acids is 2. The molecule has 8 heteroatoms. The molecule has 0 saturated heterocycles. The molecule has 150 valence electrons. The first kappa shape index (κ1) is 26.9. The molecule has 1 aromatic carbocycles. The lowest BCUT2D eigenvalue weighted by Gasteiger charge is -2.18. The number of halogens is 2. The smallest absolute Gasteiger partial charge is 0.251 e. The number of hydrogen-bond acceptors (Lipinski definition) is 4. The number of nitrogens with one attached hydrogen (secondary N) is 2. The summed E-state index contributed by atoms with van der Waals surface area (Å²) in [6, 6.07) is 6.71. The maximum absolute atomic E-state index is 12.2. The first-order valence-electron chi connectivity index (χ1n) is 8.56. The molecule has 0 fully saturated rings. The van der Waals surface area contributed by atoms with Crippen LogP contribution in [0.15, 0.2) is 24.3 Å². The summed E-state index contributed by atoms with van der Waals surface area (Å²) in [5.74, 6) is -0.584. The van der Waals surface area contributed by atoms with Gasteiger partial charge in [-0.1, -0.05) is 26.8 Å². The molecule has 0 aromatic heterocycles. The van der Waals surface area contributed by atoms with E-state index in [4.69, 9.17) is 5.73 Å². The fourth-order valence-corrected chi connectivity index (χ4v) is 2.20. The number of likely N-dealkylation sites (N-methyl/N-ethyl adjacent to an activating group) is 1. The van der Waals surface area contributed by atoms with Crippen molar-refractivity contribution in [2.75, 3.05) is 31.5 Å². The molecule has 0 heterocycles. The van der Waals surface area contributed by atoms with Crippen LogP contribution >= 0.6 is 24.8 Å². The van der Waals surface area contributed by atoms with Crippen molar-refractivity contribution in [1.29, 1.82) is 0 Å². The van der Waals surface area contributed by atoms with E-state index >= 15 is 0 Å². The van der Waals surface area contributed by atoms with Crippen molar-refractivity contribution in [3.8, 4) is 0 Å². The van der Waals surface area contributed by atoms with Crippen molar-refractivity contribution >= 4 is 42.3 Å². The van der Waals surface area contributed by atoms with Crippen LogP contribution in [-0.2, 0) is 4.79 Å². The van der Waals surface area contributed by atoms with Gasteiger partial charge in [0.2, 0.25) is 5.91 Å². The van der Waals surface area contributed by atoms with Gasteiger partial charge in [-0.15, -0.1) is 24.8 Å². The molecule has 0 saturated carbocycles. The number of amides is 2. The molecular formula is C18H32Cl2N4O2. The minimum atomic E-state index is -0.295. The van der Waals surface area contributed by atoms with Crippen molar-refractivity contribution in [2.24, 2.45) is 11.7 Å². The molecule has 26 heavy (non-hydrogen) atoms. The third-order valence-corrected chi connectivity index (χ3v) is 4.20. The minimum Gasteiger partial charge on any atom is -0.351 e. The zero-order chi connectivity index (χ0) is 18.1. The van der Waals surface area contributed by atoms with Crippen molar-refractivity contribution in [3.05, 3.63) is 29.8 Å². The van der Waals surface area contributed by atoms with Crippen molar-refractivity contribution in [3.63, 3.8) is 0 Å². The molecule has 0 bridgehead atoms. The number of nitrogens with zero attached hydrogens (tertiary/aromatic N) is 1. The van der Waals surface area contributed by atoms with Crippen LogP contribution in [0, 0.1) is 5.92 Å². The van der Waals surface area contributed by atoms with E-state index in [1.165, 1.54) is 0 Å². The number of nitrogens with two attached hydrogens (primary N) is 1. The van der Waals surface area contributed by atoms with Gasteiger partial charge in [0.1, 0.15) is 0 Å². The maximum Gasteiger partial charge on any atom is 0.251 e. The van der Waals surface area contributed by atoms with Gasteiger partial charge in [0, 0.05) is 30.4 Å². The standard InChI is InChI=1S/C18H30N4O2.2ClH/c1-5-22(6-2)11-10-20-18(24)15-8-7-9-16(12-15)21-17(23)13(3)14(4)19;;/h7-9,12-14H,5-6,10-11,19H2,1-4H3,(H,20,24)(H,21,23);2*1H. The van der Waals surface area contributed by atoms with E-state index < -0.39 is 0 Å². The molecule has 0 aliphatic heterocycles. The van der Waals surface area contributed by atoms with Gasteiger partial charge in [0.15, 0.2) is 0 Å². The lowest BCUT2D eigenvalue weighted by Crippen LogP contribution is -2.35. The quantitative estimate of drug-likeness (QED) is 0.587. The zero-order valence-corrected chi connectivity index (χ0v) is 17.6. The van der Waals surface area contributed by atoms with Crippen LogP contribution < -0.4 is 16.4 Å². The Labute approximate surface area is 169 Å². The summed E-state index contributed by atoms with van der Waals surface area (Å²) < 4.78 is 0. The molecule has 0 spiro atoms.